The molecule has 1 N–H and O–H groups in total. The van der Waals surface area contributed by atoms with Crippen molar-refractivity contribution in [3.8, 4) is 11.4 Å². The van der Waals surface area contributed by atoms with Gasteiger partial charge in [-0.1, -0.05) is 41.9 Å². The first kappa shape index (κ1) is 25.4. The summed E-state index contributed by atoms with van der Waals surface area (Å²) in [6.45, 7) is 5.33. The summed E-state index contributed by atoms with van der Waals surface area (Å²) in [5.41, 5.74) is 1.29. The number of halogens is 1. The smallest absolute Gasteiger partial charge is 0.243 e. The van der Waals surface area contributed by atoms with Crippen LogP contribution in [0.15, 0.2) is 71.2 Å². The molecular formula is C24H26ClN5O3S2. The van der Waals surface area contributed by atoms with Crippen molar-refractivity contribution < 1.29 is 13.2 Å². The van der Waals surface area contributed by atoms with Crippen molar-refractivity contribution >= 4 is 45.0 Å². The number of allylic oxidation sites excluding steroid dienone is 1. The Bertz CT molecular complexity index is 1300. The summed E-state index contributed by atoms with van der Waals surface area (Å²) < 4.78 is 29.3. The summed E-state index contributed by atoms with van der Waals surface area (Å²) in [6, 6.07) is 13.7. The van der Waals surface area contributed by atoms with Gasteiger partial charge >= 0.3 is 0 Å². The maximum Gasteiger partial charge on any atom is 0.243 e. The Hall–Kier alpha value is -2.66. The van der Waals surface area contributed by atoms with Crippen LogP contribution in [0.25, 0.3) is 11.4 Å². The molecule has 1 aliphatic rings. The van der Waals surface area contributed by atoms with Crippen molar-refractivity contribution in [1.29, 1.82) is 0 Å². The van der Waals surface area contributed by atoms with Crippen molar-refractivity contribution in [3.63, 3.8) is 0 Å². The molecule has 0 radical (unpaired) electrons. The van der Waals surface area contributed by atoms with Crippen LogP contribution in [0.3, 0.4) is 0 Å². The van der Waals surface area contributed by atoms with Gasteiger partial charge in [-0.25, -0.2) is 8.42 Å². The molecule has 184 valence electrons. The van der Waals surface area contributed by atoms with Gasteiger partial charge in [-0.2, -0.15) is 4.31 Å². The number of amides is 1. The maximum absolute atomic E-state index is 12.9. The van der Waals surface area contributed by atoms with E-state index in [4.69, 9.17) is 11.6 Å². The Kier molecular flexibility index (Phi) is 8.27. The van der Waals surface area contributed by atoms with Gasteiger partial charge in [0.1, 0.15) is 0 Å². The number of sulfonamides is 1. The number of nitrogens with one attached hydrogen (secondary N) is 1. The standard InChI is InChI=1S/C24H26ClN5O3S2/c1-2-13-30-23(18-9-11-19(25)12-10-18)27-28-24(30)34-17-22(31)26-20-7-6-8-21(16-20)35(32,33)29-14-4-3-5-15-29/h2,6-12,16H,1,3-5,13-15,17H2,(H,26,31). The largest absolute Gasteiger partial charge is 0.325 e. The minimum absolute atomic E-state index is 0.0823. The van der Waals surface area contributed by atoms with Crippen molar-refractivity contribution in [1.82, 2.24) is 19.1 Å². The summed E-state index contributed by atoms with van der Waals surface area (Å²) in [4.78, 5) is 12.8. The molecule has 2 heterocycles. The molecule has 0 aliphatic carbocycles. The van der Waals surface area contributed by atoms with E-state index in [-0.39, 0.29) is 16.6 Å². The van der Waals surface area contributed by atoms with Gasteiger partial charge in [0.2, 0.25) is 15.9 Å². The number of nitrogens with zero attached hydrogens (tertiary/aromatic N) is 4. The lowest BCUT2D eigenvalue weighted by atomic mass is 10.2. The van der Waals surface area contributed by atoms with Gasteiger partial charge in [0.05, 0.1) is 10.6 Å². The Balaban J connectivity index is 1.43. The van der Waals surface area contributed by atoms with E-state index in [2.05, 4.69) is 22.1 Å². The van der Waals surface area contributed by atoms with Crippen LogP contribution in [0.4, 0.5) is 5.69 Å². The number of thioether (sulfide) groups is 1. The van der Waals surface area contributed by atoms with E-state index in [9.17, 15) is 13.2 Å². The number of carbonyl (C=O) groups excluding carboxylic acids is 1. The zero-order chi connectivity index (χ0) is 24.8. The third-order valence-corrected chi connectivity index (χ3v) is 8.65. The quantitative estimate of drug-likeness (QED) is 0.318. The van der Waals surface area contributed by atoms with Crippen molar-refractivity contribution in [3.05, 3.63) is 66.2 Å². The second-order valence-electron chi connectivity index (χ2n) is 8.04. The van der Waals surface area contributed by atoms with Gasteiger partial charge in [-0.15, -0.1) is 16.8 Å². The molecule has 0 spiro atoms. The fourth-order valence-electron chi connectivity index (χ4n) is 3.82. The molecule has 35 heavy (non-hydrogen) atoms. The number of rotatable bonds is 9. The molecule has 11 heteroatoms. The fourth-order valence-corrected chi connectivity index (χ4v) is 6.25. The number of piperidine rings is 1. The molecule has 4 rings (SSSR count). The molecule has 2 aromatic carbocycles. The molecular weight excluding hydrogens is 506 g/mol. The van der Waals surface area contributed by atoms with E-state index in [0.717, 1.165) is 24.8 Å². The third-order valence-electron chi connectivity index (χ3n) is 5.53. The number of aromatic nitrogens is 3. The topological polar surface area (TPSA) is 97.2 Å². The van der Waals surface area contributed by atoms with E-state index < -0.39 is 10.0 Å². The van der Waals surface area contributed by atoms with Gasteiger partial charge in [0.15, 0.2) is 11.0 Å². The van der Waals surface area contributed by atoms with Gasteiger partial charge in [-0.3, -0.25) is 9.36 Å². The van der Waals surface area contributed by atoms with E-state index >= 15 is 0 Å². The third kappa shape index (κ3) is 6.13. The second-order valence-corrected chi connectivity index (χ2v) is 11.4. The van der Waals surface area contributed by atoms with Crippen LogP contribution < -0.4 is 5.32 Å². The minimum Gasteiger partial charge on any atom is -0.325 e. The summed E-state index contributed by atoms with van der Waals surface area (Å²) in [5.74, 6) is 0.461. The van der Waals surface area contributed by atoms with Gasteiger partial charge in [0, 0.05) is 35.9 Å². The van der Waals surface area contributed by atoms with Crippen molar-refractivity contribution in [2.24, 2.45) is 0 Å². The Morgan fingerprint density at radius 3 is 2.57 bits per heavy atom. The zero-order valence-electron chi connectivity index (χ0n) is 19.1. The van der Waals surface area contributed by atoms with E-state index in [1.807, 2.05) is 16.7 Å². The highest BCUT2D eigenvalue weighted by Crippen LogP contribution is 2.26. The molecule has 1 saturated heterocycles. The molecule has 1 fully saturated rings. The van der Waals surface area contributed by atoms with Crippen LogP contribution in [-0.2, 0) is 21.4 Å². The number of anilines is 1. The average molecular weight is 532 g/mol. The van der Waals surface area contributed by atoms with Gasteiger partial charge < -0.3 is 5.32 Å². The first-order valence-corrected chi connectivity index (χ1v) is 14.0. The van der Waals surface area contributed by atoms with Crippen molar-refractivity contribution in [2.75, 3.05) is 24.2 Å². The SMILES string of the molecule is C=CCn1c(SCC(=O)Nc2cccc(S(=O)(=O)N3CCCCC3)c2)nnc1-c1ccc(Cl)cc1. The van der Waals surface area contributed by atoms with Crippen LogP contribution in [-0.4, -0.2) is 52.2 Å². The van der Waals surface area contributed by atoms with Crippen molar-refractivity contribution in [2.45, 2.75) is 35.9 Å². The lowest BCUT2D eigenvalue weighted by Crippen LogP contribution is -2.35. The zero-order valence-corrected chi connectivity index (χ0v) is 21.4. The fraction of sp³-hybridized carbons (Fsp3) is 0.292. The van der Waals surface area contributed by atoms with E-state index in [1.165, 1.54) is 22.1 Å². The normalized spacial score (nSPS) is 14.5. The minimum atomic E-state index is -3.58. The lowest BCUT2D eigenvalue weighted by molar-refractivity contribution is -0.113. The monoisotopic (exact) mass is 531 g/mol. The van der Waals surface area contributed by atoms with E-state index in [0.29, 0.717) is 41.3 Å². The molecule has 1 aromatic heterocycles. The summed E-state index contributed by atoms with van der Waals surface area (Å²) >= 11 is 7.23. The second kappa shape index (κ2) is 11.4. The van der Waals surface area contributed by atoms with Gasteiger partial charge in [-0.05, 0) is 55.3 Å². The highest BCUT2D eigenvalue weighted by atomic mass is 35.5. The Labute approximate surface area is 214 Å². The highest BCUT2D eigenvalue weighted by Gasteiger charge is 2.26. The summed E-state index contributed by atoms with van der Waals surface area (Å²) in [7, 11) is -3.58. The molecule has 0 atom stereocenters. The molecule has 3 aromatic rings. The maximum atomic E-state index is 12.9. The van der Waals surface area contributed by atoms with Crippen LogP contribution in [0, 0.1) is 0 Å². The highest BCUT2D eigenvalue weighted by molar-refractivity contribution is 7.99. The first-order valence-electron chi connectivity index (χ1n) is 11.2. The van der Waals surface area contributed by atoms with Crippen LogP contribution in [0.1, 0.15) is 19.3 Å². The van der Waals surface area contributed by atoms with Crippen LogP contribution >= 0.6 is 23.4 Å². The first-order chi connectivity index (χ1) is 16.9. The molecule has 0 saturated carbocycles. The van der Waals surface area contributed by atoms with Crippen LogP contribution in [0.2, 0.25) is 5.02 Å². The number of hydrogen-bond acceptors (Lipinski definition) is 6. The summed E-state index contributed by atoms with van der Waals surface area (Å²) in [5, 5.41) is 12.5. The number of carbonyl (C=O) groups is 1. The Morgan fingerprint density at radius 2 is 1.86 bits per heavy atom. The molecule has 1 amide bonds. The molecule has 8 nitrogen and oxygen atoms in total. The number of hydrogen-bond donors (Lipinski definition) is 1. The predicted octanol–water partition coefficient (Wildman–Crippen LogP) is 4.69. The van der Waals surface area contributed by atoms with Crippen LogP contribution in [0.5, 0.6) is 0 Å². The lowest BCUT2D eigenvalue weighted by Gasteiger charge is -2.26. The molecule has 0 bridgehead atoms. The predicted molar refractivity (Wildman–Crippen MR) is 139 cm³/mol. The van der Waals surface area contributed by atoms with Gasteiger partial charge in [0.25, 0.3) is 0 Å². The summed E-state index contributed by atoms with van der Waals surface area (Å²) in [6.07, 6.45) is 4.51. The Morgan fingerprint density at radius 1 is 1.11 bits per heavy atom. The number of benzene rings is 2. The average Bonchev–Trinajstić information content (AvgIpc) is 3.26. The molecule has 0 unspecified atom stereocenters. The molecule has 1 aliphatic heterocycles. The van der Waals surface area contributed by atoms with E-state index in [1.54, 1.807) is 36.4 Å².